The van der Waals surface area contributed by atoms with Crippen molar-refractivity contribution in [2.75, 3.05) is 34.8 Å². The van der Waals surface area contributed by atoms with E-state index in [9.17, 15) is 0 Å². The lowest BCUT2D eigenvalue weighted by atomic mass is 9.80. The second-order valence-corrected chi connectivity index (χ2v) is 13.5. The van der Waals surface area contributed by atoms with E-state index < -0.39 is 0 Å². The molecule has 46 heavy (non-hydrogen) atoms. The number of furan rings is 1. The van der Waals surface area contributed by atoms with Gasteiger partial charge in [0, 0.05) is 79.5 Å². The first-order chi connectivity index (χ1) is 22.8. The third-order valence-electron chi connectivity index (χ3n) is 11.3. The van der Waals surface area contributed by atoms with Crippen molar-refractivity contribution in [3.8, 4) is 0 Å². The summed E-state index contributed by atoms with van der Waals surface area (Å²) in [7, 11) is 2.24. The second kappa shape index (κ2) is 8.91. The Morgan fingerprint density at radius 1 is 0.565 bits per heavy atom. The molecule has 13 rings (SSSR count). The van der Waals surface area contributed by atoms with Gasteiger partial charge in [-0.15, -0.1) is 0 Å². The van der Waals surface area contributed by atoms with Crippen molar-refractivity contribution in [3.05, 3.63) is 139 Å². The average Bonchev–Trinajstić information content (AvgIpc) is 3.86. The third kappa shape index (κ3) is 3.08. The minimum Gasteiger partial charge on any atom is -0.454 e. The molecule has 4 aromatic carbocycles. The zero-order chi connectivity index (χ0) is 30.1. The molecule has 0 saturated heterocycles. The Labute approximate surface area is 268 Å². The summed E-state index contributed by atoms with van der Waals surface area (Å²) in [5, 5.41) is 2.33. The van der Waals surface area contributed by atoms with Gasteiger partial charge in [0.25, 0.3) is 0 Å². The lowest BCUT2D eigenvalue weighted by Gasteiger charge is -2.50. The SMILES string of the molecule is CN1C=CN2c3c(ccc4c3oc3ccccc34)C3c4ccccc4N4C=CN5CCCN6C=CN(c7ccccc7C(C12)C54)C36. The number of likely N-dealkylation sites (N-methyl/N-ethyl adjacent to an activating group) is 1. The molecule has 0 aliphatic carbocycles. The van der Waals surface area contributed by atoms with Crippen molar-refractivity contribution < 1.29 is 4.42 Å². The van der Waals surface area contributed by atoms with Gasteiger partial charge in [-0.2, -0.15) is 0 Å². The molecule has 5 unspecified atom stereocenters. The molecule has 8 bridgehead atoms. The first-order valence-electron chi connectivity index (χ1n) is 16.5. The molecular weight excluding hydrogens is 568 g/mol. The van der Waals surface area contributed by atoms with E-state index >= 15 is 0 Å². The van der Waals surface area contributed by atoms with Crippen LogP contribution < -0.4 is 14.7 Å². The molecule has 226 valence electrons. The number of hydrogen-bond acceptors (Lipinski definition) is 7. The highest BCUT2D eigenvalue weighted by Gasteiger charge is 2.52. The third-order valence-corrected chi connectivity index (χ3v) is 11.3. The Morgan fingerprint density at radius 3 is 2.09 bits per heavy atom. The van der Waals surface area contributed by atoms with Crippen LogP contribution in [0.1, 0.15) is 34.9 Å². The van der Waals surface area contributed by atoms with E-state index in [1.54, 1.807) is 0 Å². The van der Waals surface area contributed by atoms with Crippen molar-refractivity contribution in [2.45, 2.75) is 36.8 Å². The highest BCUT2D eigenvalue weighted by molar-refractivity contribution is 6.10. The largest absolute Gasteiger partial charge is 0.454 e. The molecule has 8 aliphatic rings. The number of rotatable bonds is 0. The fourth-order valence-electron chi connectivity index (χ4n) is 9.46. The zero-order valence-corrected chi connectivity index (χ0v) is 25.6. The van der Waals surface area contributed by atoms with Gasteiger partial charge in [0.05, 0.1) is 17.5 Å². The Kier molecular flexibility index (Phi) is 4.83. The molecule has 9 heterocycles. The number of nitrogens with zero attached hydrogens (tertiary/aromatic N) is 6. The maximum atomic E-state index is 6.91. The van der Waals surface area contributed by atoms with Crippen LogP contribution in [0.15, 0.2) is 127 Å². The molecule has 7 nitrogen and oxygen atoms in total. The smallest absolute Gasteiger partial charge is 0.159 e. The molecule has 0 fully saturated rings. The molecule has 0 spiro atoms. The molecule has 1 aromatic heterocycles. The maximum Gasteiger partial charge on any atom is 0.159 e. The van der Waals surface area contributed by atoms with E-state index in [1.807, 2.05) is 0 Å². The van der Waals surface area contributed by atoms with Crippen molar-refractivity contribution in [1.29, 1.82) is 0 Å². The van der Waals surface area contributed by atoms with Crippen LogP contribution >= 0.6 is 0 Å². The highest BCUT2D eigenvalue weighted by atomic mass is 16.3. The molecule has 7 heteroatoms. The Balaban J connectivity index is 1.35. The molecule has 0 amide bonds. The summed E-state index contributed by atoms with van der Waals surface area (Å²) in [6.07, 6.45) is 15.2. The van der Waals surface area contributed by atoms with Gasteiger partial charge in [0.1, 0.15) is 24.1 Å². The quantitative estimate of drug-likeness (QED) is 0.184. The van der Waals surface area contributed by atoms with Crippen molar-refractivity contribution >= 4 is 39.0 Å². The van der Waals surface area contributed by atoms with Gasteiger partial charge in [-0.25, -0.2) is 0 Å². The zero-order valence-electron chi connectivity index (χ0n) is 25.6. The maximum absolute atomic E-state index is 6.91. The molecule has 5 atom stereocenters. The highest BCUT2D eigenvalue weighted by Crippen LogP contribution is 2.55. The normalized spacial score (nSPS) is 26.7. The van der Waals surface area contributed by atoms with Crippen molar-refractivity contribution in [2.24, 2.45) is 0 Å². The van der Waals surface area contributed by atoms with Gasteiger partial charge in [-0.1, -0.05) is 66.7 Å². The summed E-state index contributed by atoms with van der Waals surface area (Å²) < 4.78 is 6.91. The molecule has 8 aliphatic heterocycles. The van der Waals surface area contributed by atoms with Crippen LogP contribution in [0.2, 0.25) is 0 Å². The lowest BCUT2D eigenvalue weighted by molar-refractivity contribution is 0.190. The van der Waals surface area contributed by atoms with Crippen LogP contribution in [0.3, 0.4) is 0 Å². The molecule has 0 radical (unpaired) electrons. The summed E-state index contributed by atoms with van der Waals surface area (Å²) in [6, 6.07) is 31.6. The number of fused-ring (bicyclic) bond motifs is 5. The minimum atomic E-state index is 0.0134. The summed E-state index contributed by atoms with van der Waals surface area (Å²) in [5.74, 6) is 0.102. The van der Waals surface area contributed by atoms with E-state index in [0.717, 1.165) is 36.1 Å². The van der Waals surface area contributed by atoms with Crippen LogP contribution in [0, 0.1) is 0 Å². The van der Waals surface area contributed by atoms with E-state index in [2.05, 4.69) is 159 Å². The Morgan fingerprint density at radius 2 is 1.24 bits per heavy atom. The summed E-state index contributed by atoms with van der Waals surface area (Å²) in [6.45, 7) is 1.97. The summed E-state index contributed by atoms with van der Waals surface area (Å²) in [4.78, 5) is 15.4. The van der Waals surface area contributed by atoms with Crippen LogP contribution in [0.4, 0.5) is 17.1 Å². The van der Waals surface area contributed by atoms with Gasteiger partial charge in [-0.3, -0.25) is 0 Å². The van der Waals surface area contributed by atoms with Crippen molar-refractivity contribution in [1.82, 2.24) is 14.7 Å². The van der Waals surface area contributed by atoms with E-state index in [-0.39, 0.29) is 30.3 Å². The number of benzene rings is 4. The molecule has 0 N–H and O–H groups in total. The molecule has 0 saturated carbocycles. The van der Waals surface area contributed by atoms with Gasteiger partial charge in [0.2, 0.25) is 0 Å². The van der Waals surface area contributed by atoms with Gasteiger partial charge in [-0.05, 0) is 41.3 Å². The minimum absolute atomic E-state index is 0.0134. The van der Waals surface area contributed by atoms with Gasteiger partial charge in [0.15, 0.2) is 5.58 Å². The first-order valence-corrected chi connectivity index (χ1v) is 16.5. The number of anilines is 3. The topological polar surface area (TPSA) is 32.6 Å². The van der Waals surface area contributed by atoms with E-state index in [4.69, 9.17) is 4.42 Å². The van der Waals surface area contributed by atoms with Gasteiger partial charge >= 0.3 is 0 Å². The predicted octanol–water partition coefficient (Wildman–Crippen LogP) is 7.32. The molecular formula is C39H34N6O. The first kappa shape index (κ1) is 25.0. The fourth-order valence-corrected chi connectivity index (χ4v) is 9.46. The Bertz CT molecular complexity index is 2160. The summed E-state index contributed by atoms with van der Waals surface area (Å²) in [5.41, 5.74) is 9.67. The lowest BCUT2D eigenvalue weighted by Crippen LogP contribution is -2.55. The second-order valence-electron chi connectivity index (χ2n) is 13.5. The van der Waals surface area contributed by atoms with Crippen LogP contribution in [-0.4, -0.2) is 53.3 Å². The number of para-hydroxylation sites is 3. The van der Waals surface area contributed by atoms with E-state index in [1.165, 1.54) is 39.1 Å². The van der Waals surface area contributed by atoms with Crippen LogP contribution in [-0.2, 0) is 0 Å². The van der Waals surface area contributed by atoms with Crippen LogP contribution in [0.5, 0.6) is 0 Å². The monoisotopic (exact) mass is 602 g/mol. The van der Waals surface area contributed by atoms with Crippen molar-refractivity contribution in [3.63, 3.8) is 0 Å². The van der Waals surface area contributed by atoms with Gasteiger partial charge < -0.3 is 33.8 Å². The fraction of sp³-hybridized carbons (Fsp3) is 0.231. The standard InChI is InChI=1S/C39H34N6O/c1-40-19-22-45-35-29(16-15-26-25-9-4-7-14-32(25)46-36(26)35)33-27-10-2-5-12-30(27)44-24-21-42-18-8-17-41-20-23-43(38(33)41)31-13-6-3-11-28(31)34(37(40)45)39(42)44/h2-7,9-16,19-24,33-34,37-39H,8,17-18H2,1H3. The number of hydrogen-bond donors (Lipinski definition) is 0. The van der Waals surface area contributed by atoms with E-state index in [0.29, 0.717) is 0 Å². The average molecular weight is 603 g/mol. The summed E-state index contributed by atoms with van der Waals surface area (Å²) >= 11 is 0. The van der Waals surface area contributed by atoms with Crippen LogP contribution in [0.25, 0.3) is 21.9 Å². The molecule has 5 aromatic rings. The predicted molar refractivity (Wildman–Crippen MR) is 183 cm³/mol. The Hall–Kier alpha value is -5.30.